The van der Waals surface area contributed by atoms with E-state index >= 15 is 0 Å². The fraction of sp³-hybridized carbons (Fsp3) is 0.320. The molecule has 0 saturated heterocycles. The zero-order valence-electron chi connectivity index (χ0n) is 19.6. The lowest BCUT2D eigenvalue weighted by Crippen LogP contribution is -2.26. The number of esters is 1. The van der Waals surface area contributed by atoms with E-state index in [9.17, 15) is 14.4 Å². The second-order valence-electron chi connectivity index (χ2n) is 7.85. The van der Waals surface area contributed by atoms with Crippen LogP contribution in [0.2, 0.25) is 0 Å². The zero-order valence-corrected chi connectivity index (χ0v) is 19.6. The van der Waals surface area contributed by atoms with Crippen LogP contribution >= 0.6 is 0 Å². The van der Waals surface area contributed by atoms with Crippen LogP contribution in [0.5, 0.6) is 17.2 Å². The predicted molar refractivity (Wildman–Crippen MR) is 123 cm³/mol. The van der Waals surface area contributed by atoms with E-state index in [0.29, 0.717) is 41.2 Å². The minimum absolute atomic E-state index is 0.182. The first kappa shape index (κ1) is 23.2. The molecule has 1 aromatic carbocycles. The van der Waals surface area contributed by atoms with Gasteiger partial charge in [0.05, 0.1) is 34.5 Å². The standard InChI is InChI=1S/C25H25NO8/c1-12(27)26-17-9-6-13-10-19(30-2)22(31-3)23(32-4)20(13)14-7-8-15-18(11-16(14)17)34-25(29)21(15)24(28)33-5/h7-8,10-11,17H,6,9H2,1-5H3,(H,26,27)/t17-/m0/s1. The van der Waals surface area contributed by atoms with Gasteiger partial charge in [0.2, 0.25) is 11.7 Å². The van der Waals surface area contributed by atoms with Gasteiger partial charge in [-0.2, -0.15) is 0 Å². The van der Waals surface area contributed by atoms with Crippen molar-refractivity contribution >= 4 is 11.9 Å². The minimum atomic E-state index is -0.784. The fourth-order valence-corrected chi connectivity index (χ4v) is 4.55. The molecule has 0 bridgehead atoms. The van der Waals surface area contributed by atoms with Crippen molar-refractivity contribution in [1.29, 1.82) is 0 Å². The molecule has 9 heteroatoms. The second-order valence-corrected chi connectivity index (χ2v) is 7.85. The molecule has 0 fully saturated rings. The van der Waals surface area contributed by atoms with Gasteiger partial charge in [0.1, 0.15) is 5.76 Å². The van der Waals surface area contributed by atoms with E-state index in [2.05, 4.69) is 5.32 Å². The fourth-order valence-electron chi connectivity index (χ4n) is 4.55. The normalized spacial score (nSPS) is 14.4. The molecule has 0 spiro atoms. The lowest BCUT2D eigenvalue weighted by atomic mass is 9.95. The third kappa shape index (κ3) is 3.72. The highest BCUT2D eigenvalue weighted by molar-refractivity contribution is 5.97. The number of fused-ring (bicyclic) bond motifs is 4. The van der Waals surface area contributed by atoms with Gasteiger partial charge in [0.25, 0.3) is 0 Å². The first-order valence-corrected chi connectivity index (χ1v) is 10.6. The maximum atomic E-state index is 12.4. The van der Waals surface area contributed by atoms with Gasteiger partial charge in [0, 0.05) is 18.1 Å². The second kappa shape index (κ2) is 9.09. The molecule has 1 amide bonds. The van der Waals surface area contributed by atoms with Crippen molar-refractivity contribution in [3.8, 4) is 39.7 Å². The third-order valence-electron chi connectivity index (χ3n) is 5.98. The summed E-state index contributed by atoms with van der Waals surface area (Å²) in [7, 11) is 5.83. The Labute approximate surface area is 195 Å². The molecule has 34 heavy (non-hydrogen) atoms. The summed E-state index contributed by atoms with van der Waals surface area (Å²) in [6.07, 6.45) is 1.18. The topological polar surface area (TPSA) is 113 Å². The van der Waals surface area contributed by atoms with Crippen molar-refractivity contribution in [2.75, 3.05) is 28.4 Å². The maximum Gasteiger partial charge on any atom is 0.351 e. The van der Waals surface area contributed by atoms with Crippen LogP contribution in [-0.2, 0) is 16.0 Å². The number of hydrogen-bond acceptors (Lipinski definition) is 8. The molecular formula is C25H25NO8. The van der Waals surface area contributed by atoms with Crippen molar-refractivity contribution in [3.05, 3.63) is 51.4 Å². The maximum absolute atomic E-state index is 12.4. The van der Waals surface area contributed by atoms with Gasteiger partial charge in [-0.15, -0.1) is 0 Å². The quantitative estimate of drug-likeness (QED) is 0.569. The van der Waals surface area contributed by atoms with E-state index in [0.717, 1.165) is 16.7 Å². The van der Waals surface area contributed by atoms with Crippen molar-refractivity contribution in [1.82, 2.24) is 5.32 Å². The SMILES string of the molecule is COC(=O)c1c2ccc3c(cc-2oc1=O)[C@@H](NC(C)=O)CCc1cc(OC)c(OC)c(OC)c1-3. The Balaban J connectivity index is 2.10. The number of furan rings is 1. The van der Waals surface area contributed by atoms with Crippen LogP contribution in [0.4, 0.5) is 0 Å². The number of amides is 1. The highest BCUT2D eigenvalue weighted by Gasteiger charge is 2.31. The number of carbonyl (C=O) groups excluding carboxylic acids is 2. The number of benzene rings is 1. The molecule has 0 unspecified atom stereocenters. The first-order valence-electron chi connectivity index (χ1n) is 10.6. The van der Waals surface area contributed by atoms with E-state index in [4.69, 9.17) is 23.4 Å². The summed E-state index contributed by atoms with van der Waals surface area (Å²) in [5, 5.41) is 2.99. The Kier molecular flexibility index (Phi) is 6.19. The van der Waals surface area contributed by atoms with E-state index in [1.165, 1.54) is 21.1 Å². The van der Waals surface area contributed by atoms with Crippen LogP contribution in [-0.4, -0.2) is 40.3 Å². The van der Waals surface area contributed by atoms with Gasteiger partial charge in [-0.25, -0.2) is 9.59 Å². The monoisotopic (exact) mass is 467 g/mol. The summed E-state index contributed by atoms with van der Waals surface area (Å²) in [4.78, 5) is 36.7. The molecule has 0 aromatic heterocycles. The number of rotatable bonds is 5. The molecule has 1 N–H and O–H groups in total. The van der Waals surface area contributed by atoms with E-state index in [1.807, 2.05) is 6.07 Å². The summed E-state index contributed by atoms with van der Waals surface area (Å²) in [5.74, 6) is 0.654. The lowest BCUT2D eigenvalue weighted by Gasteiger charge is -2.19. The first-order chi connectivity index (χ1) is 16.3. The summed E-state index contributed by atoms with van der Waals surface area (Å²) in [5.41, 5.74) is 2.49. The largest absolute Gasteiger partial charge is 0.493 e. The predicted octanol–water partition coefficient (Wildman–Crippen LogP) is 3.35. The van der Waals surface area contributed by atoms with Crippen LogP contribution in [0, 0.1) is 0 Å². The third-order valence-corrected chi connectivity index (χ3v) is 5.98. The summed E-state index contributed by atoms with van der Waals surface area (Å²) in [6.45, 7) is 1.45. The molecule has 0 radical (unpaired) electrons. The van der Waals surface area contributed by atoms with Crippen LogP contribution in [0.25, 0.3) is 22.5 Å². The van der Waals surface area contributed by atoms with Crippen molar-refractivity contribution in [2.24, 2.45) is 0 Å². The number of carbonyl (C=O) groups is 2. The smallest absolute Gasteiger partial charge is 0.351 e. The van der Waals surface area contributed by atoms with Gasteiger partial charge >= 0.3 is 11.6 Å². The number of nitrogens with one attached hydrogen (secondary N) is 1. The minimum Gasteiger partial charge on any atom is -0.493 e. The van der Waals surface area contributed by atoms with Crippen LogP contribution < -0.4 is 25.2 Å². The van der Waals surface area contributed by atoms with E-state index < -0.39 is 11.6 Å². The summed E-state index contributed by atoms with van der Waals surface area (Å²) < 4.78 is 27.1. The van der Waals surface area contributed by atoms with Crippen LogP contribution in [0.1, 0.15) is 40.9 Å². The Morgan fingerprint density at radius 1 is 1.00 bits per heavy atom. The molecule has 2 aliphatic carbocycles. The summed E-state index contributed by atoms with van der Waals surface area (Å²) in [6, 6.07) is 6.61. The van der Waals surface area contributed by atoms with Crippen molar-refractivity contribution in [2.45, 2.75) is 25.8 Å². The van der Waals surface area contributed by atoms with Crippen LogP contribution in [0.3, 0.4) is 0 Å². The molecular weight excluding hydrogens is 442 g/mol. The van der Waals surface area contributed by atoms with E-state index in [1.54, 1.807) is 32.4 Å². The highest BCUT2D eigenvalue weighted by Crippen LogP contribution is 2.50. The van der Waals surface area contributed by atoms with Gasteiger partial charge in [-0.1, -0.05) is 6.07 Å². The molecule has 1 atom stereocenters. The highest BCUT2D eigenvalue weighted by atomic mass is 16.5. The van der Waals surface area contributed by atoms with Crippen molar-refractivity contribution < 1.29 is 33.0 Å². The average molecular weight is 467 g/mol. The van der Waals surface area contributed by atoms with Gasteiger partial charge in [-0.3, -0.25) is 4.79 Å². The van der Waals surface area contributed by atoms with Gasteiger partial charge < -0.3 is 28.7 Å². The van der Waals surface area contributed by atoms with E-state index in [-0.39, 0.29) is 23.3 Å². The molecule has 4 rings (SSSR count). The Hall–Kier alpha value is -4.01. The van der Waals surface area contributed by atoms with Crippen LogP contribution in [0.15, 0.2) is 33.5 Å². The Morgan fingerprint density at radius 3 is 2.32 bits per heavy atom. The van der Waals surface area contributed by atoms with Crippen molar-refractivity contribution in [3.63, 3.8) is 0 Å². The molecule has 178 valence electrons. The lowest BCUT2D eigenvalue weighted by molar-refractivity contribution is -0.119. The number of hydrogen-bond donors (Lipinski definition) is 1. The Morgan fingerprint density at radius 2 is 1.71 bits per heavy atom. The molecule has 1 aliphatic heterocycles. The molecule has 3 aliphatic rings. The molecule has 1 aromatic rings. The Bertz CT molecular complexity index is 1310. The molecule has 0 saturated carbocycles. The number of methoxy groups -OCH3 is 4. The molecule has 1 heterocycles. The van der Waals surface area contributed by atoms with Gasteiger partial charge in [0.15, 0.2) is 17.1 Å². The van der Waals surface area contributed by atoms with Gasteiger partial charge in [-0.05, 0) is 47.7 Å². The zero-order chi connectivity index (χ0) is 24.6. The summed E-state index contributed by atoms with van der Waals surface area (Å²) >= 11 is 0. The molecule has 9 nitrogen and oxygen atoms in total. The average Bonchev–Trinajstić information content (AvgIpc) is 2.93. The number of ether oxygens (including phenoxy) is 4. The number of aryl methyl sites for hydroxylation is 1.